The second kappa shape index (κ2) is 9.73. The molecule has 6 rings (SSSR count). The minimum Gasteiger partial charge on any atom is -0.379 e. The Balaban J connectivity index is 1.45. The number of rotatable bonds is 7. The fourth-order valence-electron chi connectivity index (χ4n) is 5.39. The second-order valence-corrected chi connectivity index (χ2v) is 9.53. The normalized spacial score (nSPS) is 23.8. The van der Waals surface area contributed by atoms with E-state index in [1.165, 1.54) is 0 Å². The van der Waals surface area contributed by atoms with Crippen molar-refractivity contribution in [3.8, 4) is 11.3 Å². The maximum Gasteiger partial charge on any atom is 0.257 e. The highest BCUT2D eigenvalue weighted by atomic mass is 16.5. The van der Waals surface area contributed by atoms with Crippen LogP contribution in [0.5, 0.6) is 0 Å². The van der Waals surface area contributed by atoms with E-state index < -0.39 is 0 Å². The number of pyridine rings is 1. The lowest BCUT2D eigenvalue weighted by Gasteiger charge is -2.35. The predicted octanol–water partition coefficient (Wildman–Crippen LogP) is 2.67. The highest BCUT2D eigenvalue weighted by Gasteiger charge is 2.33. The number of anilines is 1. The van der Waals surface area contributed by atoms with Gasteiger partial charge in [0, 0.05) is 57.3 Å². The summed E-state index contributed by atoms with van der Waals surface area (Å²) < 4.78 is 20.7. The highest BCUT2D eigenvalue weighted by Crippen LogP contribution is 2.35. The van der Waals surface area contributed by atoms with Crippen molar-refractivity contribution in [3.63, 3.8) is 0 Å². The lowest BCUT2D eigenvalue weighted by molar-refractivity contribution is -0.0592. The molecule has 37 heavy (non-hydrogen) atoms. The number of nitrogens with zero attached hydrogens (tertiary/aromatic N) is 5. The summed E-state index contributed by atoms with van der Waals surface area (Å²) in [5.74, 6) is 0.519. The molecule has 1 amide bonds. The van der Waals surface area contributed by atoms with Crippen molar-refractivity contribution in [3.05, 3.63) is 42.4 Å². The molecule has 0 radical (unpaired) electrons. The van der Waals surface area contributed by atoms with Crippen LogP contribution in [0.1, 0.15) is 35.7 Å². The van der Waals surface area contributed by atoms with Gasteiger partial charge >= 0.3 is 0 Å². The largest absolute Gasteiger partial charge is 0.379 e. The Bertz CT molecular complexity index is 1450. The van der Waals surface area contributed by atoms with Gasteiger partial charge in [-0.05, 0) is 31.4 Å². The molecule has 2 N–H and O–H groups in total. The van der Waals surface area contributed by atoms with Crippen LogP contribution in [0.3, 0.4) is 0 Å². The number of carbonyl (C=O) groups is 1. The lowest BCUT2D eigenvalue weighted by Crippen LogP contribution is -2.51. The third kappa shape index (κ3) is 4.03. The number of hydrogen-bond acceptors (Lipinski definition) is 8. The molecule has 1 aliphatic carbocycles. The van der Waals surface area contributed by atoms with Gasteiger partial charge in [-0.15, -0.1) is 0 Å². The Morgan fingerprint density at radius 3 is 2.78 bits per heavy atom. The fourth-order valence-corrected chi connectivity index (χ4v) is 5.39. The Labute approximate surface area is 214 Å². The van der Waals surface area contributed by atoms with Gasteiger partial charge < -0.3 is 29.4 Å². The number of fused-ring (bicyclic) bond motifs is 2. The molecule has 1 aliphatic heterocycles. The maximum absolute atomic E-state index is 13.2. The average Bonchev–Trinajstić information content (AvgIpc) is 3.53. The van der Waals surface area contributed by atoms with Crippen LogP contribution in [0.25, 0.3) is 27.9 Å². The quantitative estimate of drug-likeness (QED) is 0.394. The number of carbonyl (C=O) groups excluding carboxylic acids is 1. The summed E-state index contributed by atoms with van der Waals surface area (Å²) in [7, 11) is 5.21. The molecule has 1 unspecified atom stereocenters. The zero-order chi connectivity index (χ0) is 25.5. The Kier molecular flexibility index (Phi) is 6.27. The van der Waals surface area contributed by atoms with E-state index in [9.17, 15) is 4.79 Å². The van der Waals surface area contributed by atoms with E-state index in [0.717, 1.165) is 47.4 Å². The monoisotopic (exact) mass is 505 g/mol. The molecule has 4 aromatic heterocycles. The van der Waals surface area contributed by atoms with Crippen LogP contribution in [0.4, 0.5) is 5.82 Å². The molecule has 0 aromatic carbocycles. The SMILES string of the molecule is CNc1cc(-c2cn([C@@H]3CCOC[C@H]3OC)c3ncccc23)nc2c(C(=O)NC3CC[C@@H]3OC)cnn12. The molecule has 0 bridgehead atoms. The molecule has 2 aliphatic rings. The number of aromatic nitrogens is 5. The van der Waals surface area contributed by atoms with Crippen molar-refractivity contribution in [2.75, 3.05) is 39.8 Å². The van der Waals surface area contributed by atoms with Crippen LogP contribution in [-0.2, 0) is 14.2 Å². The van der Waals surface area contributed by atoms with Crippen molar-refractivity contribution in [2.24, 2.45) is 0 Å². The van der Waals surface area contributed by atoms with Crippen LogP contribution in [-0.4, -0.2) is 82.8 Å². The van der Waals surface area contributed by atoms with E-state index >= 15 is 0 Å². The van der Waals surface area contributed by atoms with Crippen molar-refractivity contribution >= 4 is 28.4 Å². The molecule has 1 saturated carbocycles. The summed E-state index contributed by atoms with van der Waals surface area (Å²) in [6.07, 6.45) is 8.08. The van der Waals surface area contributed by atoms with Gasteiger partial charge in [-0.3, -0.25) is 4.79 Å². The summed E-state index contributed by atoms with van der Waals surface area (Å²) in [5.41, 5.74) is 3.42. The van der Waals surface area contributed by atoms with Crippen LogP contribution < -0.4 is 10.6 Å². The molecule has 5 heterocycles. The Morgan fingerprint density at radius 1 is 1.16 bits per heavy atom. The number of hydrogen-bond donors (Lipinski definition) is 2. The van der Waals surface area contributed by atoms with Crippen LogP contribution in [0, 0.1) is 0 Å². The standard InChI is InChI=1S/C26H31N7O4/c1-27-23-11-19(30-25-16(12-29-33(23)25)26(34)31-18-6-7-21(18)35-2)17-13-32(24-15(17)5-4-9-28-24)20-8-10-37-14-22(20)36-3/h4-5,9,11-13,18,20-22,27H,6-8,10,14H2,1-3H3,(H,31,34)/t18?,20-,21+,22-/m1/s1. The van der Waals surface area contributed by atoms with Gasteiger partial charge in [0.25, 0.3) is 5.91 Å². The van der Waals surface area contributed by atoms with Crippen LogP contribution in [0.2, 0.25) is 0 Å². The van der Waals surface area contributed by atoms with E-state index in [-0.39, 0.29) is 30.2 Å². The second-order valence-electron chi connectivity index (χ2n) is 9.53. The predicted molar refractivity (Wildman–Crippen MR) is 138 cm³/mol. The molecule has 4 aromatic rings. The molecule has 11 nitrogen and oxygen atoms in total. The summed E-state index contributed by atoms with van der Waals surface area (Å²) in [6, 6.07) is 6.00. The summed E-state index contributed by atoms with van der Waals surface area (Å²) >= 11 is 0. The first kappa shape index (κ1) is 23.8. The fraction of sp³-hybridized carbons (Fsp3) is 0.462. The minimum absolute atomic E-state index is 0.00310. The molecule has 194 valence electrons. The lowest BCUT2D eigenvalue weighted by atomic mass is 9.89. The van der Waals surface area contributed by atoms with E-state index in [4.69, 9.17) is 24.2 Å². The maximum atomic E-state index is 13.2. The van der Waals surface area contributed by atoms with Gasteiger partial charge in [0.2, 0.25) is 0 Å². The van der Waals surface area contributed by atoms with Crippen molar-refractivity contribution in [1.29, 1.82) is 0 Å². The summed E-state index contributed by atoms with van der Waals surface area (Å²) in [5, 5.41) is 11.7. The topological polar surface area (TPSA) is 117 Å². The first-order valence-corrected chi connectivity index (χ1v) is 12.6. The average molecular weight is 506 g/mol. The van der Waals surface area contributed by atoms with E-state index in [0.29, 0.717) is 24.4 Å². The third-order valence-corrected chi connectivity index (χ3v) is 7.60. The third-order valence-electron chi connectivity index (χ3n) is 7.60. The van der Waals surface area contributed by atoms with Crippen molar-refractivity contribution in [1.82, 2.24) is 29.5 Å². The van der Waals surface area contributed by atoms with E-state index in [1.807, 2.05) is 25.2 Å². The molecular formula is C26H31N7O4. The smallest absolute Gasteiger partial charge is 0.257 e. The Morgan fingerprint density at radius 2 is 2.03 bits per heavy atom. The zero-order valence-corrected chi connectivity index (χ0v) is 21.2. The first-order chi connectivity index (χ1) is 18.1. The molecule has 4 atom stereocenters. The highest BCUT2D eigenvalue weighted by molar-refractivity contribution is 6.01. The van der Waals surface area contributed by atoms with Crippen molar-refractivity contribution in [2.45, 2.75) is 43.6 Å². The van der Waals surface area contributed by atoms with Crippen molar-refractivity contribution < 1.29 is 19.0 Å². The zero-order valence-electron chi connectivity index (χ0n) is 21.2. The molecular weight excluding hydrogens is 474 g/mol. The number of nitrogens with one attached hydrogen (secondary N) is 2. The van der Waals surface area contributed by atoms with Gasteiger partial charge in [-0.25, -0.2) is 9.97 Å². The van der Waals surface area contributed by atoms with Crippen LogP contribution >= 0.6 is 0 Å². The number of ether oxygens (including phenoxy) is 3. The van der Waals surface area contributed by atoms with E-state index in [1.54, 1.807) is 31.1 Å². The van der Waals surface area contributed by atoms with Gasteiger partial charge in [0.1, 0.15) is 23.1 Å². The molecule has 0 spiro atoms. The van der Waals surface area contributed by atoms with Gasteiger partial charge in [-0.2, -0.15) is 9.61 Å². The van der Waals surface area contributed by atoms with E-state index in [2.05, 4.69) is 26.5 Å². The molecule has 1 saturated heterocycles. The summed E-state index contributed by atoms with van der Waals surface area (Å²) in [6.45, 7) is 1.20. The van der Waals surface area contributed by atoms with Crippen LogP contribution in [0.15, 0.2) is 36.8 Å². The number of methoxy groups -OCH3 is 2. The molecule has 11 heteroatoms. The first-order valence-electron chi connectivity index (χ1n) is 12.6. The summed E-state index contributed by atoms with van der Waals surface area (Å²) in [4.78, 5) is 22.9. The Hall–Kier alpha value is -3.54. The minimum atomic E-state index is -0.206. The van der Waals surface area contributed by atoms with Gasteiger partial charge in [-0.1, -0.05) is 0 Å². The molecule has 2 fully saturated rings. The van der Waals surface area contributed by atoms with Gasteiger partial charge in [0.05, 0.1) is 36.7 Å². The van der Waals surface area contributed by atoms with Gasteiger partial charge in [0.15, 0.2) is 5.65 Å². The number of amides is 1.